The van der Waals surface area contributed by atoms with Crippen LogP contribution >= 0.6 is 11.6 Å². The number of likely N-dealkylation sites (tertiary alicyclic amines) is 1. The second-order valence-electron chi connectivity index (χ2n) is 5.18. The van der Waals surface area contributed by atoms with Crippen molar-refractivity contribution in [3.05, 3.63) is 22.8 Å². The van der Waals surface area contributed by atoms with Gasteiger partial charge in [0.25, 0.3) is 5.91 Å². The van der Waals surface area contributed by atoms with E-state index in [9.17, 15) is 4.79 Å². The average Bonchev–Trinajstić information content (AvgIpc) is 2.93. The maximum atomic E-state index is 12.5. The molecule has 1 aromatic rings. The van der Waals surface area contributed by atoms with Crippen LogP contribution in [0.1, 0.15) is 49.9 Å². The van der Waals surface area contributed by atoms with Crippen LogP contribution in [0.15, 0.2) is 12.3 Å². The topological polar surface area (TPSA) is 45.2 Å². The highest BCUT2D eigenvalue weighted by Crippen LogP contribution is 2.25. The van der Waals surface area contributed by atoms with Crippen molar-refractivity contribution < 1.29 is 4.79 Å². The first-order chi connectivity index (χ1) is 9.67. The summed E-state index contributed by atoms with van der Waals surface area (Å²) < 4.78 is 0. The summed E-state index contributed by atoms with van der Waals surface area (Å²) in [6.07, 6.45) is 5.81. The molecule has 0 aromatic carbocycles. The first-order valence-corrected chi connectivity index (χ1v) is 7.75. The lowest BCUT2D eigenvalue weighted by Crippen LogP contribution is -2.35. The van der Waals surface area contributed by atoms with E-state index in [1.54, 1.807) is 12.3 Å². The van der Waals surface area contributed by atoms with Crippen LogP contribution in [0.5, 0.6) is 0 Å². The molecule has 1 aromatic heterocycles. The maximum Gasteiger partial charge on any atom is 0.255 e. The SMILES string of the molecule is CCCNc1ncc(C(=O)N2CCCC2CC)cc1Cl. The van der Waals surface area contributed by atoms with E-state index in [4.69, 9.17) is 11.6 Å². The fourth-order valence-electron chi connectivity index (χ4n) is 2.62. The minimum absolute atomic E-state index is 0.0470. The smallest absolute Gasteiger partial charge is 0.255 e. The van der Waals surface area contributed by atoms with Crippen molar-refractivity contribution in [3.8, 4) is 0 Å². The molecule has 0 spiro atoms. The molecule has 1 amide bonds. The lowest BCUT2D eigenvalue weighted by atomic mass is 10.1. The third kappa shape index (κ3) is 3.23. The van der Waals surface area contributed by atoms with E-state index in [0.717, 1.165) is 38.8 Å². The second kappa shape index (κ2) is 6.93. The number of anilines is 1. The normalized spacial score (nSPS) is 18.4. The summed E-state index contributed by atoms with van der Waals surface area (Å²) in [5.74, 6) is 0.698. The first kappa shape index (κ1) is 15.1. The molecule has 1 aliphatic heterocycles. The van der Waals surface area contributed by atoms with E-state index in [1.807, 2.05) is 4.90 Å². The molecule has 1 unspecified atom stereocenters. The Morgan fingerprint density at radius 1 is 1.55 bits per heavy atom. The summed E-state index contributed by atoms with van der Waals surface area (Å²) in [7, 11) is 0. The molecule has 1 fully saturated rings. The van der Waals surface area contributed by atoms with Crippen LogP contribution in [0.2, 0.25) is 5.02 Å². The van der Waals surface area contributed by atoms with Crippen molar-refractivity contribution in [1.82, 2.24) is 9.88 Å². The quantitative estimate of drug-likeness (QED) is 0.903. The van der Waals surface area contributed by atoms with Crippen LogP contribution in [0.25, 0.3) is 0 Å². The summed E-state index contributed by atoms with van der Waals surface area (Å²) in [6.45, 7) is 5.87. The number of carbonyl (C=O) groups is 1. The Morgan fingerprint density at radius 3 is 3.00 bits per heavy atom. The molecule has 0 bridgehead atoms. The number of hydrogen-bond acceptors (Lipinski definition) is 3. The zero-order valence-corrected chi connectivity index (χ0v) is 12.9. The number of rotatable bonds is 5. The largest absolute Gasteiger partial charge is 0.369 e. The summed E-state index contributed by atoms with van der Waals surface area (Å²) in [5, 5.41) is 3.66. The molecule has 4 nitrogen and oxygen atoms in total. The van der Waals surface area contributed by atoms with E-state index in [2.05, 4.69) is 24.1 Å². The third-order valence-electron chi connectivity index (χ3n) is 3.74. The van der Waals surface area contributed by atoms with Crippen LogP contribution in [0.3, 0.4) is 0 Å². The monoisotopic (exact) mass is 295 g/mol. The molecule has 110 valence electrons. The van der Waals surface area contributed by atoms with Gasteiger partial charge in [-0.1, -0.05) is 25.4 Å². The Morgan fingerprint density at radius 2 is 2.35 bits per heavy atom. The number of aromatic nitrogens is 1. The lowest BCUT2D eigenvalue weighted by molar-refractivity contribution is 0.0733. The molecule has 1 atom stereocenters. The second-order valence-corrected chi connectivity index (χ2v) is 5.59. The van der Waals surface area contributed by atoms with Crippen molar-refractivity contribution in [2.24, 2.45) is 0 Å². The lowest BCUT2D eigenvalue weighted by Gasteiger charge is -2.23. The molecule has 0 aliphatic carbocycles. The van der Waals surface area contributed by atoms with Crippen LogP contribution in [0, 0.1) is 0 Å². The van der Waals surface area contributed by atoms with Crippen LogP contribution < -0.4 is 5.32 Å². The summed E-state index contributed by atoms with van der Waals surface area (Å²) >= 11 is 6.19. The van der Waals surface area contributed by atoms with Crippen molar-refractivity contribution in [1.29, 1.82) is 0 Å². The van der Waals surface area contributed by atoms with Gasteiger partial charge in [0.15, 0.2) is 0 Å². The Kier molecular flexibility index (Phi) is 5.24. The zero-order chi connectivity index (χ0) is 14.5. The van der Waals surface area contributed by atoms with E-state index in [1.165, 1.54) is 0 Å². The summed E-state index contributed by atoms with van der Waals surface area (Å²) in [6, 6.07) is 2.08. The van der Waals surface area contributed by atoms with Gasteiger partial charge in [-0.25, -0.2) is 4.98 Å². The van der Waals surface area contributed by atoms with Gasteiger partial charge in [0.05, 0.1) is 10.6 Å². The van der Waals surface area contributed by atoms with Gasteiger partial charge in [-0.3, -0.25) is 4.79 Å². The molecule has 5 heteroatoms. The molecular formula is C15H22ClN3O. The Hall–Kier alpha value is -1.29. The van der Waals surface area contributed by atoms with E-state index >= 15 is 0 Å². The summed E-state index contributed by atoms with van der Waals surface area (Å²) in [4.78, 5) is 18.7. The van der Waals surface area contributed by atoms with Crippen molar-refractivity contribution in [2.75, 3.05) is 18.4 Å². The van der Waals surface area contributed by atoms with E-state index < -0.39 is 0 Å². The molecule has 0 radical (unpaired) electrons. The van der Waals surface area contributed by atoms with Crippen molar-refractivity contribution in [3.63, 3.8) is 0 Å². The van der Waals surface area contributed by atoms with Gasteiger partial charge in [-0.05, 0) is 31.7 Å². The molecule has 1 saturated heterocycles. The molecule has 20 heavy (non-hydrogen) atoms. The number of halogens is 1. The molecule has 2 heterocycles. The van der Waals surface area contributed by atoms with Crippen LogP contribution in [-0.2, 0) is 0 Å². The highest BCUT2D eigenvalue weighted by Gasteiger charge is 2.28. The predicted octanol–water partition coefficient (Wildman–Crippen LogP) is 3.57. The summed E-state index contributed by atoms with van der Waals surface area (Å²) in [5.41, 5.74) is 0.581. The fraction of sp³-hybridized carbons (Fsp3) is 0.600. The van der Waals surface area contributed by atoms with Gasteiger partial charge in [0.1, 0.15) is 5.82 Å². The Bertz CT molecular complexity index is 478. The predicted molar refractivity (Wildman–Crippen MR) is 82.4 cm³/mol. The van der Waals surface area contributed by atoms with Gasteiger partial charge < -0.3 is 10.2 Å². The number of amides is 1. The molecule has 0 saturated carbocycles. The van der Waals surface area contributed by atoms with Crippen LogP contribution in [-0.4, -0.2) is 34.9 Å². The first-order valence-electron chi connectivity index (χ1n) is 7.37. The fourth-order valence-corrected chi connectivity index (χ4v) is 2.85. The third-order valence-corrected chi connectivity index (χ3v) is 4.03. The van der Waals surface area contributed by atoms with Gasteiger partial charge >= 0.3 is 0 Å². The zero-order valence-electron chi connectivity index (χ0n) is 12.2. The van der Waals surface area contributed by atoms with Gasteiger partial charge in [-0.15, -0.1) is 0 Å². The van der Waals surface area contributed by atoms with Gasteiger partial charge in [0, 0.05) is 25.3 Å². The van der Waals surface area contributed by atoms with Crippen molar-refractivity contribution in [2.45, 2.75) is 45.6 Å². The van der Waals surface area contributed by atoms with Crippen LogP contribution in [0.4, 0.5) is 5.82 Å². The maximum absolute atomic E-state index is 12.5. The molecule has 2 rings (SSSR count). The molecule has 1 N–H and O–H groups in total. The minimum atomic E-state index is 0.0470. The van der Waals surface area contributed by atoms with E-state index in [0.29, 0.717) is 22.4 Å². The van der Waals surface area contributed by atoms with Crippen molar-refractivity contribution >= 4 is 23.3 Å². The average molecular weight is 296 g/mol. The Labute approximate surface area is 125 Å². The molecule has 1 aliphatic rings. The minimum Gasteiger partial charge on any atom is -0.369 e. The number of nitrogens with one attached hydrogen (secondary N) is 1. The highest BCUT2D eigenvalue weighted by atomic mass is 35.5. The Balaban J connectivity index is 2.12. The number of nitrogens with zero attached hydrogens (tertiary/aromatic N) is 2. The van der Waals surface area contributed by atoms with Gasteiger partial charge in [0.2, 0.25) is 0 Å². The van der Waals surface area contributed by atoms with Gasteiger partial charge in [-0.2, -0.15) is 0 Å². The standard InChI is InChI=1S/C15H22ClN3O/c1-3-7-17-14-13(16)9-11(10-18-14)15(20)19-8-5-6-12(19)4-2/h9-10,12H,3-8H2,1-2H3,(H,17,18). The van der Waals surface area contributed by atoms with E-state index in [-0.39, 0.29) is 5.91 Å². The number of carbonyl (C=O) groups excluding carboxylic acids is 1. The highest BCUT2D eigenvalue weighted by molar-refractivity contribution is 6.33. The molecular weight excluding hydrogens is 274 g/mol. The number of pyridine rings is 1. The number of hydrogen-bond donors (Lipinski definition) is 1.